The van der Waals surface area contributed by atoms with Crippen LogP contribution in [0.1, 0.15) is 26.2 Å². The highest BCUT2D eigenvalue weighted by molar-refractivity contribution is 5.75. The Bertz CT molecular complexity index is 169. The van der Waals surface area contributed by atoms with Crippen LogP contribution in [-0.4, -0.2) is 17.6 Å². The van der Waals surface area contributed by atoms with E-state index in [4.69, 9.17) is 10.8 Å². The van der Waals surface area contributed by atoms with Crippen molar-refractivity contribution in [1.29, 1.82) is 0 Å². The molecule has 0 heterocycles. The number of nitrogens with two attached hydrogens (primary N) is 1. The highest BCUT2D eigenvalue weighted by Gasteiger charge is 2.44. The summed E-state index contributed by atoms with van der Waals surface area (Å²) in [4.78, 5) is 10.8. The van der Waals surface area contributed by atoms with Crippen molar-refractivity contribution in [2.75, 3.05) is 6.54 Å². The molecular formula is C8H15NO2. The van der Waals surface area contributed by atoms with Crippen LogP contribution < -0.4 is 5.73 Å². The Morgan fingerprint density at radius 1 is 1.82 bits per heavy atom. The lowest BCUT2D eigenvalue weighted by Crippen LogP contribution is -2.35. The van der Waals surface area contributed by atoms with Gasteiger partial charge in [-0.05, 0) is 32.2 Å². The Labute approximate surface area is 66.6 Å². The van der Waals surface area contributed by atoms with Gasteiger partial charge in [0.05, 0.1) is 5.41 Å². The highest BCUT2D eigenvalue weighted by atomic mass is 16.4. The molecule has 3 nitrogen and oxygen atoms in total. The molecule has 2 atom stereocenters. The molecule has 3 N–H and O–H groups in total. The average Bonchev–Trinajstić information content (AvgIpc) is 2.32. The van der Waals surface area contributed by atoms with Gasteiger partial charge >= 0.3 is 5.97 Å². The van der Waals surface area contributed by atoms with Crippen molar-refractivity contribution < 1.29 is 9.90 Å². The Hall–Kier alpha value is -0.570. The number of hydrogen-bond acceptors (Lipinski definition) is 2. The minimum atomic E-state index is -0.689. The molecule has 11 heavy (non-hydrogen) atoms. The zero-order chi connectivity index (χ0) is 8.48. The minimum absolute atomic E-state index is 0.181. The maximum atomic E-state index is 10.8. The number of hydrogen-bond donors (Lipinski definition) is 2. The molecule has 0 aromatic heterocycles. The molecule has 3 heteroatoms. The van der Waals surface area contributed by atoms with Gasteiger partial charge in [0.1, 0.15) is 0 Å². The molecular weight excluding hydrogens is 142 g/mol. The van der Waals surface area contributed by atoms with Crippen molar-refractivity contribution in [2.45, 2.75) is 26.2 Å². The molecule has 1 saturated carbocycles. The van der Waals surface area contributed by atoms with E-state index >= 15 is 0 Å². The molecule has 1 aliphatic carbocycles. The van der Waals surface area contributed by atoms with Crippen molar-refractivity contribution in [3.05, 3.63) is 0 Å². The van der Waals surface area contributed by atoms with E-state index in [1.165, 1.54) is 0 Å². The molecule has 0 aromatic rings. The van der Waals surface area contributed by atoms with Crippen molar-refractivity contribution in [3.8, 4) is 0 Å². The molecule has 0 aliphatic heterocycles. The maximum Gasteiger partial charge on any atom is 0.309 e. The molecule has 64 valence electrons. The second-order valence-corrected chi connectivity index (χ2v) is 3.55. The fourth-order valence-corrected chi connectivity index (χ4v) is 1.90. The van der Waals surface area contributed by atoms with Gasteiger partial charge in [0, 0.05) is 0 Å². The number of aliphatic carboxylic acids is 1. The SMILES string of the molecule is CC1(C(=O)O)CCC[C@@H]1CN. The lowest BCUT2D eigenvalue weighted by molar-refractivity contribution is -0.149. The van der Waals surface area contributed by atoms with Gasteiger partial charge in [-0.15, -0.1) is 0 Å². The second-order valence-electron chi connectivity index (χ2n) is 3.55. The number of rotatable bonds is 2. The van der Waals surface area contributed by atoms with E-state index in [-0.39, 0.29) is 5.92 Å². The van der Waals surface area contributed by atoms with E-state index in [0.29, 0.717) is 6.54 Å². The van der Waals surface area contributed by atoms with E-state index in [2.05, 4.69) is 0 Å². The minimum Gasteiger partial charge on any atom is -0.481 e. The third-order valence-corrected chi connectivity index (χ3v) is 2.92. The molecule has 1 fully saturated rings. The Morgan fingerprint density at radius 3 is 2.82 bits per heavy atom. The third kappa shape index (κ3) is 1.25. The van der Waals surface area contributed by atoms with Crippen LogP contribution in [0.25, 0.3) is 0 Å². The summed E-state index contributed by atoms with van der Waals surface area (Å²) in [5.41, 5.74) is 4.94. The summed E-state index contributed by atoms with van der Waals surface area (Å²) < 4.78 is 0. The highest BCUT2D eigenvalue weighted by Crippen LogP contribution is 2.42. The Kier molecular flexibility index (Phi) is 2.18. The summed E-state index contributed by atoms with van der Waals surface area (Å²) in [6, 6.07) is 0. The largest absolute Gasteiger partial charge is 0.481 e. The Morgan fingerprint density at radius 2 is 2.45 bits per heavy atom. The fourth-order valence-electron chi connectivity index (χ4n) is 1.90. The van der Waals surface area contributed by atoms with Crippen LogP contribution in [0.3, 0.4) is 0 Å². The van der Waals surface area contributed by atoms with E-state index in [0.717, 1.165) is 19.3 Å². The molecule has 0 saturated heterocycles. The van der Waals surface area contributed by atoms with Crippen LogP contribution in [0.15, 0.2) is 0 Å². The van der Waals surface area contributed by atoms with Gasteiger partial charge in [-0.3, -0.25) is 4.79 Å². The van der Waals surface area contributed by atoms with Crippen LogP contribution in [0.4, 0.5) is 0 Å². The predicted molar refractivity (Wildman–Crippen MR) is 42.1 cm³/mol. The lowest BCUT2D eigenvalue weighted by atomic mass is 9.80. The quantitative estimate of drug-likeness (QED) is 0.624. The molecule has 0 amide bonds. The van der Waals surface area contributed by atoms with Crippen LogP contribution in [0.5, 0.6) is 0 Å². The van der Waals surface area contributed by atoms with Crippen LogP contribution in [0.2, 0.25) is 0 Å². The smallest absolute Gasteiger partial charge is 0.309 e. The average molecular weight is 157 g/mol. The predicted octanol–water partition coefficient (Wildman–Crippen LogP) is 0.836. The molecule has 0 aromatic carbocycles. The zero-order valence-corrected chi connectivity index (χ0v) is 6.84. The van der Waals surface area contributed by atoms with Gasteiger partial charge in [-0.25, -0.2) is 0 Å². The van der Waals surface area contributed by atoms with E-state index in [1.807, 2.05) is 0 Å². The number of carbonyl (C=O) groups is 1. The molecule has 0 spiro atoms. The molecule has 1 aliphatic rings. The summed E-state index contributed by atoms with van der Waals surface area (Å²) in [5.74, 6) is -0.509. The van der Waals surface area contributed by atoms with Gasteiger partial charge < -0.3 is 10.8 Å². The monoisotopic (exact) mass is 157 g/mol. The molecule has 1 rings (SSSR count). The van der Waals surface area contributed by atoms with Crippen molar-refractivity contribution in [2.24, 2.45) is 17.1 Å². The van der Waals surface area contributed by atoms with E-state index < -0.39 is 11.4 Å². The van der Waals surface area contributed by atoms with Crippen molar-refractivity contribution in [3.63, 3.8) is 0 Å². The fraction of sp³-hybridized carbons (Fsp3) is 0.875. The van der Waals surface area contributed by atoms with E-state index in [1.54, 1.807) is 6.92 Å². The van der Waals surface area contributed by atoms with Gasteiger partial charge in [0.25, 0.3) is 0 Å². The zero-order valence-electron chi connectivity index (χ0n) is 6.84. The van der Waals surface area contributed by atoms with Gasteiger partial charge in [-0.2, -0.15) is 0 Å². The normalized spacial score (nSPS) is 37.5. The molecule has 0 bridgehead atoms. The van der Waals surface area contributed by atoms with Crippen LogP contribution in [-0.2, 0) is 4.79 Å². The first-order valence-electron chi connectivity index (χ1n) is 4.04. The molecule has 0 radical (unpaired) electrons. The van der Waals surface area contributed by atoms with E-state index in [9.17, 15) is 4.79 Å². The molecule has 1 unspecified atom stereocenters. The standard InChI is InChI=1S/C8H15NO2/c1-8(7(10)11)4-2-3-6(8)5-9/h6H,2-5,9H2,1H3,(H,10,11)/t6-,8?/m1/s1. The van der Waals surface area contributed by atoms with Crippen LogP contribution >= 0.6 is 0 Å². The van der Waals surface area contributed by atoms with Crippen molar-refractivity contribution >= 4 is 5.97 Å². The second kappa shape index (κ2) is 2.81. The topological polar surface area (TPSA) is 63.3 Å². The summed E-state index contributed by atoms with van der Waals surface area (Å²) >= 11 is 0. The van der Waals surface area contributed by atoms with Gasteiger partial charge in [0.2, 0.25) is 0 Å². The summed E-state index contributed by atoms with van der Waals surface area (Å²) in [7, 11) is 0. The van der Waals surface area contributed by atoms with Crippen molar-refractivity contribution in [1.82, 2.24) is 0 Å². The summed E-state index contributed by atoms with van der Waals surface area (Å²) in [5, 5.41) is 8.92. The first-order valence-corrected chi connectivity index (χ1v) is 4.04. The third-order valence-electron chi connectivity index (χ3n) is 2.92. The lowest BCUT2D eigenvalue weighted by Gasteiger charge is -2.25. The Balaban J connectivity index is 2.75. The van der Waals surface area contributed by atoms with Gasteiger partial charge in [0.15, 0.2) is 0 Å². The number of carboxylic acid groups (broad SMARTS) is 1. The first-order chi connectivity index (χ1) is 5.11. The summed E-state index contributed by atoms with van der Waals surface area (Å²) in [6.45, 7) is 2.31. The van der Waals surface area contributed by atoms with Crippen LogP contribution in [0, 0.1) is 11.3 Å². The van der Waals surface area contributed by atoms with Gasteiger partial charge in [-0.1, -0.05) is 6.42 Å². The maximum absolute atomic E-state index is 10.8. The first kappa shape index (κ1) is 8.53. The number of carboxylic acids is 1. The summed E-state index contributed by atoms with van der Waals surface area (Å²) in [6.07, 6.45) is 2.76.